The molecular weight excluding hydrogens is 556 g/mol. The summed E-state index contributed by atoms with van der Waals surface area (Å²) in [4.78, 5) is 45.4. The van der Waals surface area contributed by atoms with E-state index < -0.39 is 34.2 Å². The zero-order valence-corrected chi connectivity index (χ0v) is 24.3. The molecule has 1 aromatic rings. The van der Waals surface area contributed by atoms with Crippen LogP contribution < -0.4 is 0 Å². The summed E-state index contributed by atoms with van der Waals surface area (Å²) in [5, 5.41) is 10.4. The van der Waals surface area contributed by atoms with Crippen molar-refractivity contribution in [2.75, 3.05) is 19.8 Å². The molecule has 1 spiro atoms. The average molecular weight is 594 g/mol. The molecule has 2 amide bonds. The number of halogens is 1. The lowest BCUT2D eigenvalue weighted by atomic mass is 9.71. The van der Waals surface area contributed by atoms with Crippen molar-refractivity contribution in [2.45, 2.75) is 73.0 Å². The van der Waals surface area contributed by atoms with Crippen molar-refractivity contribution < 1.29 is 24.2 Å². The smallest absolute Gasteiger partial charge is 0.310 e. The van der Waals surface area contributed by atoms with Gasteiger partial charge in [-0.15, -0.1) is 18.3 Å². The Morgan fingerprint density at radius 1 is 1.35 bits per heavy atom. The van der Waals surface area contributed by atoms with Gasteiger partial charge in [-0.2, -0.15) is 0 Å². The molecular formula is C28H37BrN2O5S. The van der Waals surface area contributed by atoms with E-state index in [2.05, 4.69) is 22.5 Å². The fraction of sp³-hybridized carbons (Fsp3) is 0.607. The van der Waals surface area contributed by atoms with E-state index in [1.165, 1.54) is 0 Å². The van der Waals surface area contributed by atoms with Crippen molar-refractivity contribution in [1.29, 1.82) is 0 Å². The largest absolute Gasteiger partial charge is 0.466 e. The third-order valence-electron chi connectivity index (χ3n) is 7.83. The van der Waals surface area contributed by atoms with E-state index in [-0.39, 0.29) is 41.1 Å². The zero-order valence-electron chi connectivity index (χ0n) is 21.9. The highest BCUT2D eigenvalue weighted by atomic mass is 79.9. The van der Waals surface area contributed by atoms with E-state index in [4.69, 9.17) is 4.74 Å². The van der Waals surface area contributed by atoms with Crippen LogP contribution in [0, 0.1) is 11.8 Å². The first-order valence-corrected chi connectivity index (χ1v) is 14.7. The molecule has 202 valence electrons. The van der Waals surface area contributed by atoms with Crippen LogP contribution in [0.3, 0.4) is 0 Å². The van der Waals surface area contributed by atoms with Crippen molar-refractivity contribution >= 4 is 45.5 Å². The number of amides is 2. The maximum atomic E-state index is 14.5. The molecule has 0 aromatic heterocycles. The number of aliphatic hydroxyl groups excluding tert-OH is 1. The predicted octanol–water partition coefficient (Wildman–Crippen LogP) is 3.43. The van der Waals surface area contributed by atoms with E-state index in [9.17, 15) is 19.5 Å². The summed E-state index contributed by atoms with van der Waals surface area (Å²) in [7, 11) is 0. The van der Waals surface area contributed by atoms with Gasteiger partial charge in [-0.05, 0) is 46.1 Å². The molecule has 3 aliphatic heterocycles. The van der Waals surface area contributed by atoms with Crippen LogP contribution in [-0.4, -0.2) is 84.9 Å². The number of likely N-dealkylation sites (tertiary alicyclic amines) is 1. The Balaban J connectivity index is 1.84. The second-order valence-corrected chi connectivity index (χ2v) is 13.8. The minimum Gasteiger partial charge on any atom is -0.466 e. The molecule has 1 N–H and O–H groups in total. The predicted molar refractivity (Wildman–Crippen MR) is 148 cm³/mol. The van der Waals surface area contributed by atoms with Crippen molar-refractivity contribution in [3.8, 4) is 0 Å². The van der Waals surface area contributed by atoms with Gasteiger partial charge in [0, 0.05) is 22.2 Å². The average Bonchev–Trinajstić information content (AvgIpc) is 3.44. The molecule has 37 heavy (non-hydrogen) atoms. The van der Waals surface area contributed by atoms with E-state index in [1.807, 2.05) is 51.1 Å². The number of rotatable bonds is 9. The number of alkyl halides is 1. The quantitative estimate of drug-likeness (QED) is 0.268. The van der Waals surface area contributed by atoms with E-state index in [0.29, 0.717) is 19.4 Å². The van der Waals surface area contributed by atoms with Gasteiger partial charge in [-0.25, -0.2) is 0 Å². The summed E-state index contributed by atoms with van der Waals surface area (Å²) in [5.74, 6) is -2.13. The molecule has 3 saturated heterocycles. The number of aliphatic hydroxyl groups is 1. The molecule has 7 atom stereocenters. The number of carbonyl (C=O) groups is 3. The second kappa shape index (κ2) is 10.7. The first-order chi connectivity index (χ1) is 17.5. The highest BCUT2D eigenvalue weighted by Crippen LogP contribution is 2.68. The minimum atomic E-state index is -0.820. The molecule has 2 bridgehead atoms. The molecule has 9 heteroatoms. The van der Waals surface area contributed by atoms with Gasteiger partial charge in [-0.3, -0.25) is 14.4 Å². The Morgan fingerprint density at radius 2 is 2.03 bits per heavy atom. The molecule has 0 aliphatic carbocycles. The highest BCUT2D eigenvalue weighted by Gasteiger charge is 2.76. The monoisotopic (exact) mass is 592 g/mol. The summed E-state index contributed by atoms with van der Waals surface area (Å²) >= 11 is 5.35. The van der Waals surface area contributed by atoms with Crippen LogP contribution in [0.1, 0.15) is 39.7 Å². The van der Waals surface area contributed by atoms with Gasteiger partial charge < -0.3 is 19.6 Å². The standard InChI is InChI=1S/C28H37BrN2O5S/c1-6-13-30(27(3,4)5)25(34)23-28-15-19(29)22(37-28)20(26(35)36-7-2)21(28)24(33)31(23)18(16-32)14-17-11-9-8-10-12-17/h6,8-12,18-23,32H,1,7,13-16H2,2-5H3/t18-,19?,20+,21+,22+,23?,28?/m1/s1. The number of nitrogens with zero attached hydrogens (tertiary/aromatic N) is 2. The lowest BCUT2D eigenvalue weighted by Crippen LogP contribution is -2.61. The van der Waals surface area contributed by atoms with Gasteiger partial charge in [0.2, 0.25) is 11.8 Å². The van der Waals surface area contributed by atoms with Gasteiger partial charge in [0.15, 0.2) is 0 Å². The zero-order chi connectivity index (χ0) is 27.1. The van der Waals surface area contributed by atoms with Gasteiger partial charge >= 0.3 is 5.97 Å². The van der Waals surface area contributed by atoms with Crippen LogP contribution in [0.25, 0.3) is 0 Å². The van der Waals surface area contributed by atoms with E-state index in [1.54, 1.807) is 34.6 Å². The Labute approximate surface area is 232 Å². The van der Waals surface area contributed by atoms with Crippen LogP contribution >= 0.6 is 27.7 Å². The van der Waals surface area contributed by atoms with Crippen molar-refractivity contribution in [3.05, 3.63) is 48.6 Å². The van der Waals surface area contributed by atoms with E-state index in [0.717, 1.165) is 5.56 Å². The van der Waals surface area contributed by atoms with Crippen LogP contribution in [0.5, 0.6) is 0 Å². The molecule has 3 fully saturated rings. The van der Waals surface area contributed by atoms with Crippen molar-refractivity contribution in [3.63, 3.8) is 0 Å². The van der Waals surface area contributed by atoms with Gasteiger partial charge in [-0.1, -0.05) is 52.3 Å². The van der Waals surface area contributed by atoms with Crippen LogP contribution in [0.2, 0.25) is 0 Å². The van der Waals surface area contributed by atoms with Gasteiger partial charge in [0.25, 0.3) is 0 Å². The van der Waals surface area contributed by atoms with Crippen LogP contribution in [0.4, 0.5) is 0 Å². The number of hydrogen-bond acceptors (Lipinski definition) is 6. The highest BCUT2D eigenvalue weighted by molar-refractivity contribution is 9.09. The Hall–Kier alpha value is -1.84. The third-order valence-corrected chi connectivity index (χ3v) is 11.0. The second-order valence-electron chi connectivity index (χ2n) is 11.1. The maximum Gasteiger partial charge on any atom is 0.310 e. The number of fused-ring (bicyclic) bond motifs is 1. The first-order valence-electron chi connectivity index (χ1n) is 12.9. The Bertz CT molecular complexity index is 1050. The van der Waals surface area contributed by atoms with Crippen LogP contribution in [-0.2, 0) is 25.5 Å². The van der Waals surface area contributed by atoms with Crippen molar-refractivity contribution in [2.24, 2.45) is 11.8 Å². The molecule has 1 aromatic carbocycles. The van der Waals surface area contributed by atoms with Crippen LogP contribution in [0.15, 0.2) is 43.0 Å². The van der Waals surface area contributed by atoms with Gasteiger partial charge in [0.05, 0.1) is 35.8 Å². The fourth-order valence-corrected chi connectivity index (χ4v) is 9.94. The minimum absolute atomic E-state index is 0.0320. The number of hydrogen-bond donors (Lipinski definition) is 1. The number of ether oxygens (including phenoxy) is 1. The normalized spacial score (nSPS) is 31.2. The first kappa shape index (κ1) is 28.2. The Kier molecular flexibility index (Phi) is 8.17. The summed E-state index contributed by atoms with van der Waals surface area (Å²) in [6.45, 7) is 11.8. The SMILES string of the molecule is C=CCN(C(=O)C1N([C@@H](CO)Cc2ccccc2)C(=O)[C@@H]2[C@H](C(=O)OCC)[C@H]3SC12CC3Br)C(C)(C)C. The van der Waals surface area contributed by atoms with Crippen molar-refractivity contribution in [1.82, 2.24) is 9.80 Å². The molecule has 0 saturated carbocycles. The molecule has 4 rings (SSSR count). The number of thioether (sulfide) groups is 1. The number of benzene rings is 1. The van der Waals surface area contributed by atoms with E-state index >= 15 is 0 Å². The number of carbonyl (C=O) groups excluding carboxylic acids is 3. The number of esters is 1. The fourth-order valence-electron chi connectivity index (χ4n) is 6.36. The molecule has 3 heterocycles. The summed E-state index contributed by atoms with van der Waals surface area (Å²) in [6.07, 6.45) is 2.68. The summed E-state index contributed by atoms with van der Waals surface area (Å²) < 4.78 is 4.64. The lowest BCUT2D eigenvalue weighted by Gasteiger charge is -2.43. The molecule has 0 radical (unpaired) electrons. The Morgan fingerprint density at radius 3 is 2.59 bits per heavy atom. The molecule has 3 unspecified atom stereocenters. The maximum absolute atomic E-state index is 14.5. The molecule has 3 aliphatic rings. The van der Waals surface area contributed by atoms with Gasteiger partial charge in [0.1, 0.15) is 6.04 Å². The summed E-state index contributed by atoms with van der Waals surface area (Å²) in [5.41, 5.74) is 0.449. The topological polar surface area (TPSA) is 87.2 Å². The third kappa shape index (κ3) is 4.76. The lowest BCUT2D eigenvalue weighted by molar-refractivity contribution is -0.154. The summed E-state index contributed by atoms with van der Waals surface area (Å²) in [6, 6.07) is 8.23. The molecule has 7 nitrogen and oxygen atoms in total.